The topological polar surface area (TPSA) is 47.1 Å². The molecule has 1 aromatic carbocycles. The predicted molar refractivity (Wildman–Crippen MR) is 95.5 cm³/mol. The largest absolute Gasteiger partial charge is 0.324 e. The summed E-state index contributed by atoms with van der Waals surface area (Å²) in [5.74, 6) is 0.0894. The van der Waals surface area contributed by atoms with Crippen molar-refractivity contribution in [2.75, 3.05) is 28.2 Å². The zero-order chi connectivity index (χ0) is 17.8. The van der Waals surface area contributed by atoms with Crippen LogP contribution in [0.5, 0.6) is 0 Å². The molecule has 2 fully saturated rings. The van der Waals surface area contributed by atoms with Crippen molar-refractivity contribution < 1.29 is 9.59 Å². The van der Waals surface area contributed by atoms with Gasteiger partial charge in [-0.2, -0.15) is 0 Å². The molecular weight excluding hydrogens is 372 g/mol. The minimum Gasteiger partial charge on any atom is -0.324 e. The molecule has 0 N–H and O–H groups in total. The van der Waals surface area contributed by atoms with E-state index >= 15 is 0 Å². The Morgan fingerprint density at radius 1 is 0.833 bits per heavy atom. The highest BCUT2D eigenvalue weighted by Crippen LogP contribution is 2.43. The van der Waals surface area contributed by atoms with E-state index in [0.29, 0.717) is 0 Å². The second-order valence-corrected chi connectivity index (χ2v) is 7.65. The Labute approximate surface area is 151 Å². The van der Waals surface area contributed by atoms with Crippen LogP contribution < -0.4 is 0 Å². The maximum Gasteiger partial charge on any atom is 0.321 e. The fourth-order valence-corrected chi connectivity index (χ4v) is 4.36. The highest BCUT2D eigenvalue weighted by molar-refractivity contribution is 9.10. The summed E-state index contributed by atoms with van der Waals surface area (Å²) < 4.78 is 1.01. The first kappa shape index (κ1) is 17.1. The van der Waals surface area contributed by atoms with Crippen molar-refractivity contribution >= 4 is 28.0 Å². The first-order valence-electron chi connectivity index (χ1n) is 8.00. The normalized spacial score (nSPS) is 30.8. The smallest absolute Gasteiger partial charge is 0.321 e. The molecule has 130 valence electrons. The summed E-state index contributed by atoms with van der Waals surface area (Å²) in [6, 6.07) is 7.89. The summed E-state index contributed by atoms with van der Waals surface area (Å²) in [7, 11) is 7.21. The highest BCUT2D eigenvalue weighted by Gasteiger charge is 2.53. The van der Waals surface area contributed by atoms with Gasteiger partial charge < -0.3 is 19.6 Å². The fraction of sp³-hybridized carbons (Fsp3) is 0.529. The Bertz CT molecular complexity index is 661. The number of nitrogens with zero attached hydrogens (tertiary/aromatic N) is 4. The molecule has 2 heterocycles. The zero-order valence-corrected chi connectivity index (χ0v) is 16.2. The van der Waals surface area contributed by atoms with Crippen LogP contribution in [0.15, 0.2) is 28.7 Å². The van der Waals surface area contributed by atoms with Crippen molar-refractivity contribution in [2.24, 2.45) is 5.92 Å². The van der Waals surface area contributed by atoms with Crippen molar-refractivity contribution in [3.05, 3.63) is 34.3 Å². The maximum absolute atomic E-state index is 12.8. The molecule has 2 aliphatic rings. The molecule has 1 aromatic rings. The second kappa shape index (κ2) is 5.95. The number of halogens is 1. The minimum absolute atomic E-state index is 0.0188. The van der Waals surface area contributed by atoms with Gasteiger partial charge in [-0.1, -0.05) is 28.1 Å². The van der Waals surface area contributed by atoms with Gasteiger partial charge in [0.25, 0.3) is 0 Å². The van der Waals surface area contributed by atoms with Crippen molar-refractivity contribution in [3.8, 4) is 0 Å². The van der Waals surface area contributed by atoms with Crippen LogP contribution in [-0.2, 0) is 0 Å². The van der Waals surface area contributed by atoms with Crippen LogP contribution in [-0.4, -0.2) is 72.1 Å². The van der Waals surface area contributed by atoms with Gasteiger partial charge in [-0.15, -0.1) is 0 Å². The van der Waals surface area contributed by atoms with Crippen LogP contribution in [0.1, 0.15) is 18.5 Å². The Kier molecular flexibility index (Phi) is 4.23. The summed E-state index contributed by atoms with van der Waals surface area (Å²) in [5, 5.41) is 0. The van der Waals surface area contributed by atoms with E-state index in [9.17, 15) is 9.59 Å². The van der Waals surface area contributed by atoms with Crippen LogP contribution in [0.3, 0.4) is 0 Å². The maximum atomic E-state index is 12.8. The van der Waals surface area contributed by atoms with E-state index in [1.54, 1.807) is 33.7 Å². The van der Waals surface area contributed by atoms with Gasteiger partial charge in [-0.25, -0.2) is 9.59 Å². The molecule has 0 saturated carbocycles. The Morgan fingerprint density at radius 3 is 1.88 bits per heavy atom. The Hall–Kier alpha value is -1.76. The summed E-state index contributed by atoms with van der Waals surface area (Å²) in [6.07, 6.45) is -0.249. The monoisotopic (exact) mass is 394 g/mol. The van der Waals surface area contributed by atoms with Crippen LogP contribution in [0, 0.1) is 5.92 Å². The molecule has 2 saturated heterocycles. The molecular formula is C17H23BrN4O2. The average Bonchev–Trinajstić information content (AvgIpc) is 2.57. The molecule has 0 bridgehead atoms. The lowest BCUT2D eigenvalue weighted by Gasteiger charge is -2.57. The highest BCUT2D eigenvalue weighted by atomic mass is 79.9. The van der Waals surface area contributed by atoms with Crippen molar-refractivity contribution in [2.45, 2.75) is 25.2 Å². The second-order valence-electron chi connectivity index (χ2n) is 6.74. The number of hydrogen-bond acceptors (Lipinski definition) is 2. The minimum atomic E-state index is -0.249. The number of urea groups is 2. The fourth-order valence-electron chi connectivity index (χ4n) is 4.09. The first-order valence-corrected chi connectivity index (χ1v) is 8.79. The third-order valence-corrected chi connectivity index (χ3v) is 6.03. The molecule has 24 heavy (non-hydrogen) atoms. The first-order chi connectivity index (χ1) is 11.3. The van der Waals surface area contributed by atoms with Crippen LogP contribution in [0.25, 0.3) is 0 Å². The molecule has 0 spiro atoms. The lowest BCUT2D eigenvalue weighted by atomic mass is 9.80. The summed E-state index contributed by atoms with van der Waals surface area (Å²) in [4.78, 5) is 32.2. The van der Waals surface area contributed by atoms with Crippen LogP contribution in [0.2, 0.25) is 0 Å². The third-order valence-electron chi connectivity index (χ3n) is 5.51. The van der Waals surface area contributed by atoms with Crippen LogP contribution in [0.4, 0.5) is 9.59 Å². The van der Waals surface area contributed by atoms with Gasteiger partial charge in [0.2, 0.25) is 0 Å². The molecule has 3 rings (SSSR count). The van der Waals surface area contributed by atoms with Crippen LogP contribution >= 0.6 is 15.9 Å². The van der Waals surface area contributed by atoms with Crippen molar-refractivity contribution in [3.63, 3.8) is 0 Å². The van der Waals surface area contributed by atoms with Gasteiger partial charge >= 0.3 is 12.1 Å². The lowest BCUT2D eigenvalue weighted by molar-refractivity contribution is -0.0652. The Balaban J connectivity index is 2.11. The van der Waals surface area contributed by atoms with E-state index in [2.05, 4.69) is 22.9 Å². The molecule has 0 unspecified atom stereocenters. The Morgan fingerprint density at radius 2 is 1.33 bits per heavy atom. The van der Waals surface area contributed by atoms with E-state index in [4.69, 9.17) is 0 Å². The molecule has 7 heteroatoms. The van der Waals surface area contributed by atoms with Crippen molar-refractivity contribution in [1.29, 1.82) is 0 Å². The van der Waals surface area contributed by atoms with Gasteiger partial charge in [-0.05, 0) is 24.6 Å². The number of benzene rings is 1. The van der Waals surface area contributed by atoms with Gasteiger partial charge in [0.05, 0.1) is 6.04 Å². The standard InChI is InChI=1S/C17H23BrN4O2/c1-10-13-14(11-6-8-12(18)9-7-11)20(3)17(24)22(5)15(13)21(4)16(23)19(10)2/h6-10,13-15H,1-5H3/t10-,13-,14-,15+/m1/s1. The molecule has 4 atom stereocenters. The number of fused-ring (bicyclic) bond motifs is 1. The van der Waals surface area contributed by atoms with Gasteiger partial charge in [0.15, 0.2) is 0 Å². The number of rotatable bonds is 1. The summed E-state index contributed by atoms with van der Waals surface area (Å²) in [6.45, 7) is 2.06. The average molecular weight is 395 g/mol. The van der Waals surface area contributed by atoms with Crippen molar-refractivity contribution in [1.82, 2.24) is 19.6 Å². The van der Waals surface area contributed by atoms with Gasteiger partial charge in [0.1, 0.15) is 6.17 Å². The van der Waals surface area contributed by atoms with E-state index < -0.39 is 0 Å². The predicted octanol–water partition coefficient (Wildman–Crippen LogP) is 2.82. The molecule has 0 aliphatic carbocycles. The number of hydrogen-bond donors (Lipinski definition) is 0. The molecule has 0 radical (unpaired) electrons. The molecule has 6 nitrogen and oxygen atoms in total. The summed E-state index contributed by atoms with van der Waals surface area (Å²) >= 11 is 3.46. The summed E-state index contributed by atoms with van der Waals surface area (Å²) in [5.41, 5.74) is 1.08. The zero-order valence-electron chi connectivity index (χ0n) is 14.6. The SMILES string of the molecule is C[C@@H]1[C@H]2[C@@H](N(C)C(=O)N1C)N(C)C(=O)N(C)[C@@H]2c1ccc(Br)cc1. The number of carbonyl (C=O) groups excluding carboxylic acids is 2. The number of amides is 4. The number of carbonyl (C=O) groups is 2. The lowest BCUT2D eigenvalue weighted by Crippen LogP contribution is -2.71. The van der Waals surface area contributed by atoms with E-state index in [-0.39, 0.29) is 36.2 Å². The van der Waals surface area contributed by atoms with Gasteiger partial charge in [-0.3, -0.25) is 0 Å². The molecule has 0 aromatic heterocycles. The third kappa shape index (κ3) is 2.37. The molecule has 4 amide bonds. The van der Waals surface area contributed by atoms with E-state index in [1.807, 2.05) is 38.4 Å². The molecule has 2 aliphatic heterocycles. The van der Waals surface area contributed by atoms with E-state index in [1.165, 1.54) is 0 Å². The quantitative estimate of drug-likeness (QED) is 0.734. The van der Waals surface area contributed by atoms with Gasteiger partial charge in [0, 0.05) is 44.6 Å². The van der Waals surface area contributed by atoms with E-state index in [0.717, 1.165) is 10.0 Å².